The first-order valence-corrected chi connectivity index (χ1v) is 9.70. The predicted octanol–water partition coefficient (Wildman–Crippen LogP) is 3.24. The van der Waals surface area contributed by atoms with Crippen molar-refractivity contribution in [3.8, 4) is 0 Å². The SMILES string of the molecule is CCn1c(C2CCCN2C(=O)C2CCCC(N)C2)nc2ccccc21. The Bertz CT molecular complexity index is 768. The summed E-state index contributed by atoms with van der Waals surface area (Å²) < 4.78 is 2.28. The average Bonchev–Trinajstić information content (AvgIpc) is 3.25. The summed E-state index contributed by atoms with van der Waals surface area (Å²) in [6.45, 7) is 3.88. The van der Waals surface area contributed by atoms with E-state index >= 15 is 0 Å². The van der Waals surface area contributed by atoms with E-state index in [2.05, 4.69) is 34.6 Å². The number of rotatable bonds is 3. The Morgan fingerprint density at radius 1 is 1.24 bits per heavy atom. The molecular weight excluding hydrogens is 312 g/mol. The number of nitrogens with zero attached hydrogens (tertiary/aromatic N) is 3. The lowest BCUT2D eigenvalue weighted by Gasteiger charge is -2.32. The number of carbonyl (C=O) groups is 1. The van der Waals surface area contributed by atoms with Crippen LogP contribution in [0, 0.1) is 5.92 Å². The van der Waals surface area contributed by atoms with Crippen molar-refractivity contribution in [2.45, 2.75) is 64.1 Å². The zero-order valence-corrected chi connectivity index (χ0v) is 15.0. The van der Waals surface area contributed by atoms with Crippen molar-refractivity contribution >= 4 is 16.9 Å². The molecule has 1 aromatic heterocycles. The molecule has 2 aliphatic rings. The van der Waals surface area contributed by atoms with E-state index in [1.54, 1.807) is 0 Å². The number of para-hydroxylation sites is 2. The zero-order chi connectivity index (χ0) is 17.4. The third-order valence-corrected chi connectivity index (χ3v) is 5.90. The van der Waals surface area contributed by atoms with Gasteiger partial charge in [-0.3, -0.25) is 4.79 Å². The van der Waals surface area contributed by atoms with Crippen LogP contribution in [0.15, 0.2) is 24.3 Å². The summed E-state index contributed by atoms with van der Waals surface area (Å²) in [5.74, 6) is 1.45. The highest BCUT2D eigenvalue weighted by molar-refractivity contribution is 5.80. The third-order valence-electron chi connectivity index (χ3n) is 5.90. The molecule has 1 aliphatic carbocycles. The van der Waals surface area contributed by atoms with Gasteiger partial charge in [0, 0.05) is 25.0 Å². The summed E-state index contributed by atoms with van der Waals surface area (Å²) in [4.78, 5) is 20.2. The number of hydrogen-bond donors (Lipinski definition) is 1. The van der Waals surface area contributed by atoms with Crippen LogP contribution >= 0.6 is 0 Å². The lowest BCUT2D eigenvalue weighted by Crippen LogP contribution is -2.40. The van der Waals surface area contributed by atoms with Crippen LogP contribution < -0.4 is 5.73 Å². The van der Waals surface area contributed by atoms with Gasteiger partial charge in [0.15, 0.2) is 0 Å². The molecule has 1 saturated heterocycles. The highest BCUT2D eigenvalue weighted by atomic mass is 16.2. The van der Waals surface area contributed by atoms with Crippen molar-refractivity contribution in [1.29, 1.82) is 0 Å². The first-order chi connectivity index (χ1) is 12.2. The van der Waals surface area contributed by atoms with Crippen LogP contribution in [0.25, 0.3) is 11.0 Å². The third kappa shape index (κ3) is 2.95. The topological polar surface area (TPSA) is 64.2 Å². The summed E-state index contributed by atoms with van der Waals surface area (Å²) in [6, 6.07) is 8.56. The largest absolute Gasteiger partial charge is 0.332 e. The minimum absolute atomic E-state index is 0.101. The molecular formula is C20H28N4O. The number of fused-ring (bicyclic) bond motifs is 1. The standard InChI is InChI=1S/C20H28N4O/c1-2-23-17-10-4-3-9-16(17)22-19(23)18-11-6-12-24(18)20(25)14-7-5-8-15(21)13-14/h3-4,9-10,14-15,18H,2,5-8,11-13,21H2,1H3. The van der Waals surface area contributed by atoms with Crippen LogP contribution in [0.3, 0.4) is 0 Å². The molecule has 5 heteroatoms. The molecule has 1 saturated carbocycles. The molecule has 134 valence electrons. The summed E-state index contributed by atoms with van der Waals surface area (Å²) in [5.41, 5.74) is 8.31. The molecule has 2 aromatic rings. The second kappa shape index (κ2) is 6.79. The molecule has 0 spiro atoms. The molecule has 4 rings (SSSR count). The Morgan fingerprint density at radius 3 is 2.88 bits per heavy atom. The van der Waals surface area contributed by atoms with Gasteiger partial charge in [-0.05, 0) is 51.2 Å². The van der Waals surface area contributed by atoms with Gasteiger partial charge in [0.25, 0.3) is 0 Å². The molecule has 3 atom stereocenters. The molecule has 1 amide bonds. The van der Waals surface area contributed by atoms with Crippen LogP contribution in [0.1, 0.15) is 57.3 Å². The second-order valence-corrected chi connectivity index (χ2v) is 7.52. The van der Waals surface area contributed by atoms with Gasteiger partial charge in [-0.2, -0.15) is 0 Å². The number of imidazole rings is 1. The van der Waals surface area contributed by atoms with E-state index < -0.39 is 0 Å². The Labute approximate surface area is 149 Å². The Morgan fingerprint density at radius 2 is 2.08 bits per heavy atom. The van der Waals surface area contributed by atoms with Crippen molar-refractivity contribution in [2.24, 2.45) is 11.7 Å². The lowest BCUT2D eigenvalue weighted by molar-refractivity contribution is -0.137. The Hall–Kier alpha value is -1.88. The van der Waals surface area contributed by atoms with E-state index in [-0.39, 0.29) is 18.0 Å². The second-order valence-electron chi connectivity index (χ2n) is 7.52. The molecule has 5 nitrogen and oxygen atoms in total. The lowest BCUT2D eigenvalue weighted by atomic mass is 9.85. The fraction of sp³-hybridized carbons (Fsp3) is 0.600. The molecule has 1 aliphatic heterocycles. The van der Waals surface area contributed by atoms with Crippen LogP contribution in [0.5, 0.6) is 0 Å². The molecule has 2 N–H and O–H groups in total. The van der Waals surface area contributed by atoms with E-state index in [4.69, 9.17) is 10.7 Å². The highest BCUT2D eigenvalue weighted by Crippen LogP contribution is 2.36. The molecule has 25 heavy (non-hydrogen) atoms. The van der Waals surface area contributed by atoms with Gasteiger partial charge in [0.2, 0.25) is 5.91 Å². The van der Waals surface area contributed by atoms with E-state index in [9.17, 15) is 4.79 Å². The first kappa shape index (κ1) is 16.6. The van der Waals surface area contributed by atoms with Crippen molar-refractivity contribution in [3.63, 3.8) is 0 Å². The van der Waals surface area contributed by atoms with Gasteiger partial charge >= 0.3 is 0 Å². The van der Waals surface area contributed by atoms with Gasteiger partial charge in [-0.15, -0.1) is 0 Å². The summed E-state index contributed by atoms with van der Waals surface area (Å²) in [6.07, 6.45) is 6.02. The smallest absolute Gasteiger partial charge is 0.226 e. The van der Waals surface area contributed by atoms with Crippen molar-refractivity contribution < 1.29 is 4.79 Å². The zero-order valence-electron chi connectivity index (χ0n) is 15.0. The minimum Gasteiger partial charge on any atom is -0.332 e. The quantitative estimate of drug-likeness (QED) is 0.933. The van der Waals surface area contributed by atoms with Crippen LogP contribution in [0.2, 0.25) is 0 Å². The van der Waals surface area contributed by atoms with Gasteiger partial charge in [0.1, 0.15) is 5.82 Å². The average molecular weight is 340 g/mol. The molecule has 1 aromatic carbocycles. The number of carbonyl (C=O) groups excluding carboxylic acids is 1. The van der Waals surface area contributed by atoms with Gasteiger partial charge in [-0.1, -0.05) is 18.6 Å². The summed E-state index contributed by atoms with van der Waals surface area (Å²) >= 11 is 0. The van der Waals surface area contributed by atoms with Crippen LogP contribution in [-0.4, -0.2) is 32.9 Å². The van der Waals surface area contributed by atoms with Gasteiger partial charge in [-0.25, -0.2) is 4.98 Å². The van der Waals surface area contributed by atoms with Crippen molar-refractivity contribution in [3.05, 3.63) is 30.1 Å². The molecule has 3 unspecified atom stereocenters. The predicted molar refractivity (Wildman–Crippen MR) is 99.0 cm³/mol. The van der Waals surface area contributed by atoms with Crippen LogP contribution in [0.4, 0.5) is 0 Å². The number of aryl methyl sites for hydroxylation is 1. The maximum atomic E-state index is 13.2. The van der Waals surface area contributed by atoms with Crippen molar-refractivity contribution in [2.75, 3.05) is 6.54 Å². The Balaban J connectivity index is 1.64. The highest BCUT2D eigenvalue weighted by Gasteiger charge is 2.37. The maximum absolute atomic E-state index is 13.2. The monoisotopic (exact) mass is 340 g/mol. The fourth-order valence-corrected chi connectivity index (χ4v) is 4.67. The summed E-state index contributed by atoms with van der Waals surface area (Å²) in [7, 11) is 0. The van der Waals surface area contributed by atoms with Crippen LogP contribution in [-0.2, 0) is 11.3 Å². The van der Waals surface area contributed by atoms with E-state index in [1.807, 2.05) is 6.07 Å². The first-order valence-electron chi connectivity index (χ1n) is 9.70. The molecule has 0 bridgehead atoms. The minimum atomic E-state index is 0.101. The maximum Gasteiger partial charge on any atom is 0.226 e. The molecule has 2 fully saturated rings. The van der Waals surface area contributed by atoms with E-state index in [0.29, 0.717) is 5.91 Å². The van der Waals surface area contributed by atoms with E-state index in [0.717, 1.165) is 63.0 Å². The molecule has 2 heterocycles. The summed E-state index contributed by atoms with van der Waals surface area (Å²) in [5, 5.41) is 0. The number of hydrogen-bond acceptors (Lipinski definition) is 3. The normalized spacial score (nSPS) is 27.1. The fourth-order valence-electron chi connectivity index (χ4n) is 4.67. The van der Waals surface area contributed by atoms with E-state index in [1.165, 1.54) is 5.52 Å². The number of amides is 1. The van der Waals surface area contributed by atoms with Crippen molar-refractivity contribution in [1.82, 2.24) is 14.5 Å². The number of aromatic nitrogens is 2. The van der Waals surface area contributed by atoms with Gasteiger partial charge < -0.3 is 15.2 Å². The number of benzene rings is 1. The number of likely N-dealkylation sites (tertiary alicyclic amines) is 1. The van der Waals surface area contributed by atoms with Gasteiger partial charge in [0.05, 0.1) is 17.1 Å². The Kier molecular flexibility index (Phi) is 4.50. The molecule has 0 radical (unpaired) electrons. The number of nitrogens with two attached hydrogens (primary N) is 1.